The highest BCUT2D eigenvalue weighted by atomic mass is 16.3. The summed E-state index contributed by atoms with van der Waals surface area (Å²) in [6.07, 6.45) is 16.9. The third-order valence-electron chi connectivity index (χ3n) is 5.43. The van der Waals surface area contributed by atoms with Crippen molar-refractivity contribution in [2.75, 3.05) is 0 Å². The molecule has 0 saturated heterocycles. The van der Waals surface area contributed by atoms with E-state index in [4.69, 9.17) is 0 Å². The van der Waals surface area contributed by atoms with Gasteiger partial charge in [0.2, 0.25) is 0 Å². The number of benzene rings is 1. The van der Waals surface area contributed by atoms with Crippen molar-refractivity contribution in [3.8, 4) is 5.75 Å². The van der Waals surface area contributed by atoms with Gasteiger partial charge in [0.05, 0.1) is 0 Å². The first-order valence-electron chi connectivity index (χ1n) is 9.58. The van der Waals surface area contributed by atoms with Crippen molar-refractivity contribution in [2.45, 2.75) is 89.9 Å². The Bertz CT molecular complexity index is 387. The molecule has 0 heterocycles. The average molecular weight is 303 g/mol. The van der Waals surface area contributed by atoms with E-state index in [-0.39, 0.29) is 0 Å². The van der Waals surface area contributed by atoms with Crippen LogP contribution in [-0.2, 0) is 0 Å². The molecular weight excluding hydrogens is 268 g/mol. The van der Waals surface area contributed by atoms with Crippen LogP contribution in [0, 0.1) is 5.92 Å². The van der Waals surface area contributed by atoms with Crippen LogP contribution in [0.2, 0.25) is 0 Å². The van der Waals surface area contributed by atoms with E-state index in [0.29, 0.717) is 5.75 Å². The maximum Gasteiger partial charge on any atom is 0.115 e. The second-order valence-corrected chi connectivity index (χ2v) is 7.22. The van der Waals surface area contributed by atoms with Gasteiger partial charge in [-0.05, 0) is 55.2 Å². The van der Waals surface area contributed by atoms with Crippen molar-refractivity contribution in [3.05, 3.63) is 29.8 Å². The molecule has 1 aliphatic carbocycles. The van der Waals surface area contributed by atoms with Gasteiger partial charge in [0.1, 0.15) is 5.75 Å². The predicted octanol–water partition coefficient (Wildman–Crippen LogP) is 6.81. The molecule has 124 valence electrons. The Morgan fingerprint density at radius 2 is 1.41 bits per heavy atom. The summed E-state index contributed by atoms with van der Waals surface area (Å²) >= 11 is 0. The van der Waals surface area contributed by atoms with Crippen molar-refractivity contribution in [2.24, 2.45) is 5.92 Å². The molecule has 0 unspecified atom stereocenters. The van der Waals surface area contributed by atoms with Crippen LogP contribution < -0.4 is 0 Å². The standard InChI is InChI=1S/C21H34O/c1-2-3-4-5-6-7-8-9-18-10-12-19(13-11-18)20-14-16-21(22)17-15-20/h14-19,22H,2-13H2,1H3. The van der Waals surface area contributed by atoms with Crippen LogP contribution in [-0.4, -0.2) is 5.11 Å². The van der Waals surface area contributed by atoms with Gasteiger partial charge in [-0.2, -0.15) is 0 Å². The van der Waals surface area contributed by atoms with E-state index >= 15 is 0 Å². The molecule has 0 atom stereocenters. The normalized spacial score (nSPS) is 21.9. The molecule has 1 nitrogen and oxygen atoms in total. The van der Waals surface area contributed by atoms with Crippen LogP contribution in [0.5, 0.6) is 5.75 Å². The Morgan fingerprint density at radius 1 is 0.818 bits per heavy atom. The second kappa shape index (κ2) is 9.92. The summed E-state index contributed by atoms with van der Waals surface area (Å²) in [7, 11) is 0. The van der Waals surface area contributed by atoms with E-state index in [0.717, 1.165) is 11.8 Å². The van der Waals surface area contributed by atoms with Gasteiger partial charge in [0.15, 0.2) is 0 Å². The summed E-state index contributed by atoms with van der Waals surface area (Å²) < 4.78 is 0. The molecular formula is C21H34O. The van der Waals surface area contributed by atoms with Crippen molar-refractivity contribution >= 4 is 0 Å². The minimum absolute atomic E-state index is 0.386. The van der Waals surface area contributed by atoms with Crippen LogP contribution in [0.4, 0.5) is 0 Å². The lowest BCUT2D eigenvalue weighted by Crippen LogP contribution is -2.13. The Kier molecular flexibility index (Phi) is 7.83. The highest BCUT2D eigenvalue weighted by Gasteiger charge is 2.21. The van der Waals surface area contributed by atoms with Crippen LogP contribution in [0.15, 0.2) is 24.3 Å². The fourth-order valence-electron chi connectivity index (χ4n) is 3.92. The lowest BCUT2D eigenvalue weighted by molar-refractivity contribution is 0.301. The molecule has 0 radical (unpaired) electrons. The summed E-state index contributed by atoms with van der Waals surface area (Å²) in [5.74, 6) is 2.09. The molecule has 0 spiro atoms. The van der Waals surface area contributed by atoms with Gasteiger partial charge in [-0.1, -0.05) is 70.4 Å². The zero-order chi connectivity index (χ0) is 15.6. The number of phenolic OH excluding ortho intramolecular Hbond substituents is 1. The number of aromatic hydroxyl groups is 1. The highest BCUT2D eigenvalue weighted by molar-refractivity contribution is 5.28. The fraction of sp³-hybridized carbons (Fsp3) is 0.714. The summed E-state index contributed by atoms with van der Waals surface area (Å²) in [5, 5.41) is 9.39. The number of rotatable bonds is 9. The van der Waals surface area contributed by atoms with E-state index < -0.39 is 0 Å². The Balaban J connectivity index is 1.56. The third-order valence-corrected chi connectivity index (χ3v) is 5.43. The minimum Gasteiger partial charge on any atom is -0.508 e. The van der Waals surface area contributed by atoms with Gasteiger partial charge in [-0.15, -0.1) is 0 Å². The molecule has 1 heteroatoms. The van der Waals surface area contributed by atoms with Gasteiger partial charge in [0, 0.05) is 0 Å². The highest BCUT2D eigenvalue weighted by Crippen LogP contribution is 2.38. The molecule has 22 heavy (non-hydrogen) atoms. The summed E-state index contributed by atoms with van der Waals surface area (Å²) in [4.78, 5) is 0. The van der Waals surface area contributed by atoms with Crippen molar-refractivity contribution in [3.63, 3.8) is 0 Å². The van der Waals surface area contributed by atoms with E-state index in [1.54, 1.807) is 0 Å². The first kappa shape index (κ1) is 17.4. The zero-order valence-electron chi connectivity index (χ0n) is 14.4. The van der Waals surface area contributed by atoms with E-state index in [1.165, 1.54) is 82.6 Å². The third kappa shape index (κ3) is 6.02. The van der Waals surface area contributed by atoms with Crippen LogP contribution in [0.25, 0.3) is 0 Å². The van der Waals surface area contributed by atoms with Crippen molar-refractivity contribution in [1.29, 1.82) is 0 Å². The van der Waals surface area contributed by atoms with Gasteiger partial charge >= 0.3 is 0 Å². The SMILES string of the molecule is CCCCCCCCCC1CCC(c2ccc(O)cc2)CC1. The molecule has 1 N–H and O–H groups in total. The maximum atomic E-state index is 9.39. The summed E-state index contributed by atoms with van der Waals surface area (Å²) in [6.45, 7) is 2.29. The molecule has 0 bridgehead atoms. The van der Waals surface area contributed by atoms with Crippen LogP contribution in [0.1, 0.15) is 95.5 Å². The van der Waals surface area contributed by atoms with Gasteiger partial charge < -0.3 is 5.11 Å². The molecule has 0 aliphatic heterocycles. The molecule has 1 aromatic carbocycles. The molecule has 0 aromatic heterocycles. The monoisotopic (exact) mass is 302 g/mol. The fourth-order valence-corrected chi connectivity index (χ4v) is 3.92. The first-order chi connectivity index (χ1) is 10.8. The second-order valence-electron chi connectivity index (χ2n) is 7.22. The van der Waals surface area contributed by atoms with Crippen molar-refractivity contribution < 1.29 is 5.11 Å². The van der Waals surface area contributed by atoms with Gasteiger partial charge in [-0.25, -0.2) is 0 Å². The van der Waals surface area contributed by atoms with E-state index in [2.05, 4.69) is 19.1 Å². The summed E-state index contributed by atoms with van der Waals surface area (Å²) in [5.41, 5.74) is 1.42. The minimum atomic E-state index is 0.386. The topological polar surface area (TPSA) is 20.2 Å². The lowest BCUT2D eigenvalue weighted by atomic mass is 9.77. The molecule has 2 rings (SSSR count). The van der Waals surface area contributed by atoms with Crippen LogP contribution in [0.3, 0.4) is 0 Å². The molecule has 1 aliphatic rings. The van der Waals surface area contributed by atoms with Gasteiger partial charge in [0.25, 0.3) is 0 Å². The van der Waals surface area contributed by atoms with E-state index in [1.807, 2.05) is 12.1 Å². The number of hydrogen-bond donors (Lipinski definition) is 1. The predicted molar refractivity (Wildman–Crippen MR) is 95.4 cm³/mol. The smallest absolute Gasteiger partial charge is 0.115 e. The maximum absolute atomic E-state index is 9.39. The number of unbranched alkanes of at least 4 members (excludes halogenated alkanes) is 6. The lowest BCUT2D eigenvalue weighted by Gasteiger charge is -2.29. The average Bonchev–Trinajstić information content (AvgIpc) is 2.55. The number of phenols is 1. The zero-order valence-corrected chi connectivity index (χ0v) is 14.4. The largest absolute Gasteiger partial charge is 0.508 e. The molecule has 0 amide bonds. The van der Waals surface area contributed by atoms with Gasteiger partial charge in [-0.3, -0.25) is 0 Å². The Hall–Kier alpha value is -0.980. The van der Waals surface area contributed by atoms with Crippen molar-refractivity contribution in [1.82, 2.24) is 0 Å². The molecule has 1 aromatic rings. The van der Waals surface area contributed by atoms with Crippen LogP contribution >= 0.6 is 0 Å². The Labute approximate surface area is 137 Å². The molecule has 1 fully saturated rings. The number of hydrogen-bond acceptors (Lipinski definition) is 1. The quantitative estimate of drug-likeness (QED) is 0.497. The van der Waals surface area contributed by atoms with E-state index in [9.17, 15) is 5.11 Å². The summed E-state index contributed by atoms with van der Waals surface area (Å²) in [6, 6.07) is 7.88. The first-order valence-corrected chi connectivity index (χ1v) is 9.58. The Morgan fingerprint density at radius 3 is 2.05 bits per heavy atom. The molecule has 1 saturated carbocycles.